The Morgan fingerprint density at radius 2 is 1.95 bits per heavy atom. The van der Waals surface area contributed by atoms with Crippen molar-refractivity contribution < 1.29 is 14.3 Å². The topological polar surface area (TPSA) is 62.5 Å². The Kier molecular flexibility index (Phi) is 3.13. The van der Waals surface area contributed by atoms with Gasteiger partial charge in [-0.25, -0.2) is 0 Å². The van der Waals surface area contributed by atoms with Crippen molar-refractivity contribution in [3.63, 3.8) is 0 Å². The number of amides is 1. The zero-order chi connectivity index (χ0) is 13.9. The summed E-state index contributed by atoms with van der Waals surface area (Å²) in [6.45, 7) is 0.338. The van der Waals surface area contributed by atoms with Crippen LogP contribution in [-0.4, -0.2) is 11.0 Å². The lowest BCUT2D eigenvalue weighted by molar-refractivity contribution is 0.0925. The van der Waals surface area contributed by atoms with E-state index in [2.05, 4.69) is 5.32 Å². The molecule has 0 fully saturated rings. The first-order valence-corrected chi connectivity index (χ1v) is 6.27. The van der Waals surface area contributed by atoms with Gasteiger partial charge in [0.15, 0.2) is 5.76 Å². The molecule has 0 saturated carbocycles. The first-order valence-electron chi connectivity index (χ1n) is 6.27. The summed E-state index contributed by atoms with van der Waals surface area (Å²) in [4.78, 5) is 12.0. The number of phenolic OH excluding ortho intramolecular Hbond substituents is 1. The first kappa shape index (κ1) is 12.3. The van der Waals surface area contributed by atoms with Gasteiger partial charge in [-0.15, -0.1) is 0 Å². The number of nitrogens with one attached hydrogen (secondary N) is 1. The molecule has 2 N–H and O–H groups in total. The maximum atomic E-state index is 12.0. The maximum absolute atomic E-state index is 12.0. The van der Waals surface area contributed by atoms with Crippen molar-refractivity contribution in [3.05, 3.63) is 65.9 Å². The molecule has 0 unspecified atom stereocenters. The normalized spacial score (nSPS) is 10.6. The molecular formula is C16H13NO3. The summed E-state index contributed by atoms with van der Waals surface area (Å²) in [7, 11) is 0. The summed E-state index contributed by atoms with van der Waals surface area (Å²) in [5.74, 6) is 0.191. The minimum absolute atomic E-state index is 0.181. The Balaban J connectivity index is 1.73. The van der Waals surface area contributed by atoms with Gasteiger partial charge in [-0.2, -0.15) is 0 Å². The predicted octanol–water partition coefficient (Wildman–Crippen LogP) is 3.07. The Labute approximate surface area is 115 Å². The molecule has 0 spiro atoms. The lowest BCUT2D eigenvalue weighted by Crippen LogP contribution is -2.22. The highest BCUT2D eigenvalue weighted by atomic mass is 16.3. The van der Waals surface area contributed by atoms with Gasteiger partial charge in [-0.3, -0.25) is 4.79 Å². The molecule has 0 bridgehead atoms. The average Bonchev–Trinajstić information content (AvgIpc) is 2.89. The van der Waals surface area contributed by atoms with Crippen molar-refractivity contribution in [2.45, 2.75) is 6.54 Å². The quantitative estimate of drug-likeness (QED) is 0.766. The van der Waals surface area contributed by atoms with Gasteiger partial charge in [0.1, 0.15) is 11.3 Å². The molecule has 20 heavy (non-hydrogen) atoms. The molecule has 2 aromatic carbocycles. The Hall–Kier alpha value is -2.75. The number of carbonyl (C=O) groups excluding carboxylic acids is 1. The van der Waals surface area contributed by atoms with Crippen LogP contribution in [0.5, 0.6) is 5.75 Å². The van der Waals surface area contributed by atoms with E-state index in [9.17, 15) is 9.90 Å². The number of hydrogen-bond acceptors (Lipinski definition) is 3. The van der Waals surface area contributed by atoms with Crippen molar-refractivity contribution in [1.29, 1.82) is 0 Å². The van der Waals surface area contributed by atoms with Crippen molar-refractivity contribution in [1.82, 2.24) is 5.32 Å². The highest BCUT2D eigenvalue weighted by molar-refractivity contribution is 5.95. The van der Waals surface area contributed by atoms with E-state index in [4.69, 9.17) is 4.42 Å². The molecule has 4 nitrogen and oxygen atoms in total. The number of para-hydroxylation sites is 1. The summed E-state index contributed by atoms with van der Waals surface area (Å²) in [6, 6.07) is 16.0. The van der Waals surface area contributed by atoms with Crippen LogP contribution < -0.4 is 5.32 Å². The summed E-state index contributed by atoms with van der Waals surface area (Å²) in [6.07, 6.45) is 0. The molecule has 3 aromatic rings. The van der Waals surface area contributed by atoms with Crippen molar-refractivity contribution in [2.75, 3.05) is 0 Å². The number of benzene rings is 2. The minimum atomic E-state index is -0.274. The minimum Gasteiger partial charge on any atom is -0.508 e. The van der Waals surface area contributed by atoms with E-state index in [1.165, 1.54) is 0 Å². The number of hydrogen-bond donors (Lipinski definition) is 2. The molecule has 0 aliphatic heterocycles. The molecule has 100 valence electrons. The average molecular weight is 267 g/mol. The smallest absolute Gasteiger partial charge is 0.287 e. The number of aromatic hydroxyl groups is 1. The lowest BCUT2D eigenvalue weighted by Gasteiger charge is -2.03. The zero-order valence-corrected chi connectivity index (χ0v) is 10.7. The second-order valence-electron chi connectivity index (χ2n) is 4.50. The van der Waals surface area contributed by atoms with E-state index >= 15 is 0 Å². The fraction of sp³-hybridized carbons (Fsp3) is 0.0625. The largest absolute Gasteiger partial charge is 0.508 e. The Bertz CT molecular complexity index is 728. The van der Waals surface area contributed by atoms with Gasteiger partial charge in [-0.05, 0) is 29.8 Å². The van der Waals surface area contributed by atoms with Crippen molar-refractivity contribution in [3.8, 4) is 5.75 Å². The third-order valence-electron chi connectivity index (χ3n) is 3.01. The highest BCUT2D eigenvalue weighted by Gasteiger charge is 2.11. The fourth-order valence-corrected chi connectivity index (χ4v) is 2.03. The van der Waals surface area contributed by atoms with Gasteiger partial charge < -0.3 is 14.8 Å². The molecule has 0 aliphatic rings. The summed E-state index contributed by atoms with van der Waals surface area (Å²) in [5.41, 5.74) is 1.52. The van der Waals surface area contributed by atoms with Crippen LogP contribution in [0.2, 0.25) is 0 Å². The predicted molar refractivity (Wildman–Crippen MR) is 75.5 cm³/mol. The van der Waals surface area contributed by atoms with Crippen LogP contribution in [0.25, 0.3) is 11.0 Å². The van der Waals surface area contributed by atoms with Gasteiger partial charge in [0, 0.05) is 11.9 Å². The molecule has 0 saturated heterocycles. The molecule has 1 amide bonds. The van der Waals surface area contributed by atoms with E-state index in [0.717, 1.165) is 10.9 Å². The molecule has 3 rings (SSSR count). The highest BCUT2D eigenvalue weighted by Crippen LogP contribution is 2.18. The van der Waals surface area contributed by atoms with E-state index < -0.39 is 0 Å². The third kappa shape index (κ3) is 2.49. The van der Waals surface area contributed by atoms with E-state index in [1.54, 1.807) is 24.3 Å². The van der Waals surface area contributed by atoms with Crippen molar-refractivity contribution >= 4 is 16.9 Å². The van der Waals surface area contributed by atoms with Crippen LogP contribution in [0, 0.1) is 0 Å². The van der Waals surface area contributed by atoms with Gasteiger partial charge in [0.2, 0.25) is 0 Å². The molecule has 0 atom stereocenters. The molecule has 0 radical (unpaired) electrons. The number of carbonyl (C=O) groups is 1. The summed E-state index contributed by atoms with van der Waals surface area (Å²) >= 11 is 0. The molecule has 0 aliphatic carbocycles. The number of phenols is 1. The monoisotopic (exact) mass is 267 g/mol. The number of rotatable bonds is 3. The van der Waals surface area contributed by atoms with Gasteiger partial charge >= 0.3 is 0 Å². The number of fused-ring (bicyclic) bond motifs is 1. The second-order valence-corrected chi connectivity index (χ2v) is 4.50. The van der Waals surface area contributed by atoms with Gasteiger partial charge in [-0.1, -0.05) is 30.3 Å². The first-order chi connectivity index (χ1) is 9.72. The summed E-state index contributed by atoms with van der Waals surface area (Å²) < 4.78 is 5.48. The number of furan rings is 1. The molecule has 1 aromatic heterocycles. The second kappa shape index (κ2) is 5.09. The van der Waals surface area contributed by atoms with E-state index in [0.29, 0.717) is 12.1 Å². The van der Waals surface area contributed by atoms with Crippen LogP contribution >= 0.6 is 0 Å². The lowest BCUT2D eigenvalue weighted by atomic mass is 10.2. The Morgan fingerprint density at radius 1 is 1.10 bits per heavy atom. The Morgan fingerprint density at radius 3 is 2.75 bits per heavy atom. The van der Waals surface area contributed by atoms with E-state index in [1.807, 2.05) is 30.3 Å². The van der Waals surface area contributed by atoms with Crippen LogP contribution in [0.3, 0.4) is 0 Å². The van der Waals surface area contributed by atoms with Crippen LogP contribution in [0.4, 0.5) is 0 Å². The fourth-order valence-electron chi connectivity index (χ4n) is 2.03. The van der Waals surface area contributed by atoms with Crippen molar-refractivity contribution in [2.24, 2.45) is 0 Å². The molecule has 1 heterocycles. The van der Waals surface area contributed by atoms with Crippen LogP contribution in [0.15, 0.2) is 59.0 Å². The zero-order valence-electron chi connectivity index (χ0n) is 10.7. The van der Waals surface area contributed by atoms with Crippen LogP contribution in [-0.2, 0) is 6.54 Å². The standard InChI is InChI=1S/C16H13NO3/c18-13-6-3-4-11(8-13)10-17-16(19)15-9-12-5-1-2-7-14(12)20-15/h1-9,18H,10H2,(H,17,19). The maximum Gasteiger partial charge on any atom is 0.287 e. The molecular weight excluding hydrogens is 254 g/mol. The molecule has 4 heteroatoms. The summed E-state index contributed by atoms with van der Waals surface area (Å²) in [5, 5.41) is 13.0. The third-order valence-corrected chi connectivity index (χ3v) is 3.01. The SMILES string of the molecule is O=C(NCc1cccc(O)c1)c1cc2ccccc2o1. The van der Waals surface area contributed by atoms with E-state index in [-0.39, 0.29) is 17.4 Å². The van der Waals surface area contributed by atoms with Crippen LogP contribution in [0.1, 0.15) is 16.1 Å². The van der Waals surface area contributed by atoms with Gasteiger partial charge in [0.25, 0.3) is 5.91 Å². The van der Waals surface area contributed by atoms with Gasteiger partial charge in [0.05, 0.1) is 0 Å².